The molecule has 0 atom stereocenters. The molecule has 0 heterocycles. The zero-order valence-electron chi connectivity index (χ0n) is 34.3. The number of anilines is 6. The second-order valence-electron chi connectivity index (χ2n) is 15.3. The Labute approximate surface area is 364 Å². The third-order valence-corrected chi connectivity index (χ3v) is 11.5. The first kappa shape index (κ1) is 38.0. The van der Waals surface area contributed by atoms with Crippen LogP contribution in [0.5, 0.6) is 0 Å². The van der Waals surface area contributed by atoms with Crippen molar-refractivity contribution in [3.05, 3.63) is 267 Å². The summed E-state index contributed by atoms with van der Waals surface area (Å²) in [5.41, 5.74) is 18.3. The van der Waals surface area contributed by atoms with Crippen LogP contribution >= 0.6 is 0 Å². The average molecular weight is 793 g/mol. The standard InChI is InChI=1S/C60H44N2/c1-5-21-45(22-6-1)47-37-41-51(42-38-47)61(49-25-9-3-10-26-49)59-35-19-17-33-57(59)55-31-15-13-29-53(55)54-30-14-16-32-56(54)58-34-18-20-36-60(58)62(50-27-11-4-12-28-50)52-43-39-48(40-44-52)46-23-7-2-8-24-46/h1-44H. The van der Waals surface area contributed by atoms with Crippen molar-refractivity contribution in [1.29, 1.82) is 0 Å². The molecule has 10 aromatic carbocycles. The normalized spacial score (nSPS) is 10.9. The summed E-state index contributed by atoms with van der Waals surface area (Å²) in [6.07, 6.45) is 0. The highest BCUT2D eigenvalue weighted by Crippen LogP contribution is 2.48. The van der Waals surface area contributed by atoms with Gasteiger partial charge in [-0.05, 0) is 105 Å². The fourth-order valence-electron chi connectivity index (χ4n) is 8.57. The van der Waals surface area contributed by atoms with Gasteiger partial charge in [-0.25, -0.2) is 0 Å². The minimum absolute atomic E-state index is 1.09. The van der Waals surface area contributed by atoms with Crippen LogP contribution in [-0.4, -0.2) is 0 Å². The summed E-state index contributed by atoms with van der Waals surface area (Å²) >= 11 is 0. The summed E-state index contributed by atoms with van der Waals surface area (Å²) in [6.45, 7) is 0. The summed E-state index contributed by atoms with van der Waals surface area (Å²) in [4.78, 5) is 4.76. The van der Waals surface area contributed by atoms with E-state index < -0.39 is 0 Å². The Morgan fingerprint density at radius 3 is 0.726 bits per heavy atom. The van der Waals surface area contributed by atoms with Crippen molar-refractivity contribution in [2.24, 2.45) is 0 Å². The third-order valence-electron chi connectivity index (χ3n) is 11.5. The van der Waals surface area contributed by atoms with Gasteiger partial charge in [0.25, 0.3) is 0 Å². The number of para-hydroxylation sites is 4. The van der Waals surface area contributed by atoms with Crippen LogP contribution < -0.4 is 9.80 Å². The van der Waals surface area contributed by atoms with Gasteiger partial charge in [0.1, 0.15) is 0 Å². The first-order valence-corrected chi connectivity index (χ1v) is 21.2. The second kappa shape index (κ2) is 17.6. The van der Waals surface area contributed by atoms with Gasteiger partial charge in [0.2, 0.25) is 0 Å². The highest BCUT2D eigenvalue weighted by Gasteiger charge is 2.22. The average Bonchev–Trinajstić information content (AvgIpc) is 3.36. The molecule has 0 spiro atoms. The molecule has 0 N–H and O–H groups in total. The molecule has 0 bridgehead atoms. The maximum absolute atomic E-state index is 2.38. The molecule has 0 saturated carbocycles. The molecular weight excluding hydrogens is 749 g/mol. The first-order valence-electron chi connectivity index (χ1n) is 21.2. The Kier molecular flexibility index (Phi) is 10.8. The monoisotopic (exact) mass is 792 g/mol. The van der Waals surface area contributed by atoms with E-state index in [-0.39, 0.29) is 0 Å². The van der Waals surface area contributed by atoms with E-state index in [2.05, 4.69) is 277 Å². The fourth-order valence-corrected chi connectivity index (χ4v) is 8.57. The van der Waals surface area contributed by atoms with Gasteiger partial charge >= 0.3 is 0 Å². The SMILES string of the molecule is c1ccc(-c2ccc(N(c3ccccc3)c3ccccc3-c3ccccc3-c3ccccc3-c3ccccc3N(c3ccccc3)c3ccc(-c4ccccc4)cc3)cc2)cc1. The van der Waals surface area contributed by atoms with E-state index in [0.717, 1.165) is 67.5 Å². The van der Waals surface area contributed by atoms with Crippen molar-refractivity contribution < 1.29 is 0 Å². The van der Waals surface area contributed by atoms with Gasteiger partial charge in [0.05, 0.1) is 11.4 Å². The lowest BCUT2D eigenvalue weighted by atomic mass is 9.88. The van der Waals surface area contributed by atoms with Crippen molar-refractivity contribution in [1.82, 2.24) is 0 Å². The van der Waals surface area contributed by atoms with Crippen LogP contribution in [0.15, 0.2) is 267 Å². The Hall–Kier alpha value is -8.20. The summed E-state index contributed by atoms with van der Waals surface area (Å²) in [5, 5.41) is 0. The molecule has 0 amide bonds. The predicted octanol–water partition coefficient (Wildman–Crippen LogP) is 17.0. The minimum atomic E-state index is 1.09. The number of nitrogens with zero attached hydrogens (tertiary/aromatic N) is 2. The number of rotatable bonds is 11. The van der Waals surface area contributed by atoms with E-state index in [1.807, 2.05) is 0 Å². The molecule has 0 aromatic heterocycles. The molecule has 10 rings (SSSR count). The van der Waals surface area contributed by atoms with Gasteiger partial charge in [-0.15, -0.1) is 0 Å². The largest absolute Gasteiger partial charge is 0.310 e. The number of hydrogen-bond acceptors (Lipinski definition) is 2. The highest BCUT2D eigenvalue weighted by atomic mass is 15.1. The van der Waals surface area contributed by atoms with Gasteiger partial charge in [-0.2, -0.15) is 0 Å². The Balaban J connectivity index is 1.10. The molecule has 0 aliphatic carbocycles. The van der Waals surface area contributed by atoms with E-state index in [4.69, 9.17) is 0 Å². The van der Waals surface area contributed by atoms with Crippen molar-refractivity contribution >= 4 is 34.1 Å². The van der Waals surface area contributed by atoms with Gasteiger partial charge in [0.15, 0.2) is 0 Å². The van der Waals surface area contributed by atoms with Crippen LogP contribution in [0.3, 0.4) is 0 Å². The summed E-state index contributed by atoms with van der Waals surface area (Å²) in [5.74, 6) is 0. The van der Waals surface area contributed by atoms with Crippen molar-refractivity contribution in [3.8, 4) is 55.6 Å². The predicted molar refractivity (Wildman–Crippen MR) is 263 cm³/mol. The van der Waals surface area contributed by atoms with E-state index in [9.17, 15) is 0 Å². The molecular formula is C60H44N2. The molecule has 294 valence electrons. The van der Waals surface area contributed by atoms with E-state index >= 15 is 0 Å². The van der Waals surface area contributed by atoms with Gasteiger partial charge < -0.3 is 9.80 Å². The molecule has 0 aliphatic rings. The zero-order chi connectivity index (χ0) is 41.5. The molecule has 2 heteroatoms. The van der Waals surface area contributed by atoms with Crippen LogP contribution in [0.1, 0.15) is 0 Å². The summed E-state index contributed by atoms with van der Waals surface area (Å²) in [7, 11) is 0. The molecule has 62 heavy (non-hydrogen) atoms. The Morgan fingerprint density at radius 1 is 0.161 bits per heavy atom. The second-order valence-corrected chi connectivity index (χ2v) is 15.3. The number of benzene rings is 10. The zero-order valence-corrected chi connectivity index (χ0v) is 34.3. The maximum atomic E-state index is 2.38. The van der Waals surface area contributed by atoms with E-state index in [1.165, 1.54) is 22.3 Å². The van der Waals surface area contributed by atoms with Crippen LogP contribution in [-0.2, 0) is 0 Å². The van der Waals surface area contributed by atoms with Crippen molar-refractivity contribution in [2.45, 2.75) is 0 Å². The summed E-state index contributed by atoms with van der Waals surface area (Å²) < 4.78 is 0. The van der Waals surface area contributed by atoms with Crippen LogP contribution in [0.25, 0.3) is 55.6 Å². The maximum Gasteiger partial charge on any atom is 0.0540 e. The fraction of sp³-hybridized carbons (Fsp3) is 0. The first-order chi connectivity index (χ1) is 30.8. The summed E-state index contributed by atoms with van der Waals surface area (Å²) in [6, 6.07) is 95.6. The topological polar surface area (TPSA) is 6.48 Å². The van der Waals surface area contributed by atoms with Crippen molar-refractivity contribution in [3.63, 3.8) is 0 Å². The molecule has 0 unspecified atom stereocenters. The smallest absolute Gasteiger partial charge is 0.0540 e. The number of hydrogen-bond donors (Lipinski definition) is 0. The van der Waals surface area contributed by atoms with Gasteiger partial charge in [-0.3, -0.25) is 0 Å². The molecule has 0 aliphatic heterocycles. The highest BCUT2D eigenvalue weighted by molar-refractivity contribution is 6.00. The molecule has 0 saturated heterocycles. The van der Waals surface area contributed by atoms with Crippen molar-refractivity contribution in [2.75, 3.05) is 9.80 Å². The lowest BCUT2D eigenvalue weighted by molar-refractivity contribution is 1.28. The molecule has 10 aromatic rings. The van der Waals surface area contributed by atoms with Crippen LogP contribution in [0.2, 0.25) is 0 Å². The molecule has 2 nitrogen and oxygen atoms in total. The van der Waals surface area contributed by atoms with Crippen LogP contribution in [0.4, 0.5) is 34.1 Å². The molecule has 0 fully saturated rings. The Bertz CT molecular complexity index is 2820. The van der Waals surface area contributed by atoms with E-state index in [1.54, 1.807) is 0 Å². The lowest BCUT2D eigenvalue weighted by Gasteiger charge is -2.29. The van der Waals surface area contributed by atoms with Crippen LogP contribution in [0, 0.1) is 0 Å². The van der Waals surface area contributed by atoms with Gasteiger partial charge in [-0.1, -0.05) is 206 Å². The molecule has 0 radical (unpaired) electrons. The van der Waals surface area contributed by atoms with Gasteiger partial charge in [0, 0.05) is 33.9 Å². The Morgan fingerprint density at radius 2 is 0.387 bits per heavy atom. The third kappa shape index (κ3) is 7.70. The quantitative estimate of drug-likeness (QED) is 0.129. The van der Waals surface area contributed by atoms with E-state index in [0.29, 0.717) is 0 Å². The lowest BCUT2D eigenvalue weighted by Crippen LogP contribution is -2.11. The minimum Gasteiger partial charge on any atom is -0.310 e.